The molecule has 5 nitrogen and oxygen atoms in total. The van der Waals surface area contributed by atoms with E-state index in [4.69, 9.17) is 10.00 Å². The van der Waals surface area contributed by atoms with Gasteiger partial charge in [0, 0.05) is 32.7 Å². The lowest BCUT2D eigenvalue weighted by Crippen LogP contribution is -2.37. The largest absolute Gasteiger partial charge is 0.444 e. The molecule has 2 atom stereocenters. The molecule has 0 aliphatic carbocycles. The lowest BCUT2D eigenvalue weighted by atomic mass is 10.0. The maximum Gasteiger partial charge on any atom is 0.410 e. The van der Waals surface area contributed by atoms with Crippen LogP contribution in [0.5, 0.6) is 0 Å². The van der Waals surface area contributed by atoms with Crippen LogP contribution in [0.25, 0.3) is 0 Å². The van der Waals surface area contributed by atoms with Gasteiger partial charge in [-0.05, 0) is 50.3 Å². The van der Waals surface area contributed by atoms with Crippen molar-refractivity contribution < 1.29 is 9.53 Å². The lowest BCUT2D eigenvalue weighted by molar-refractivity contribution is 0.0274. The number of ether oxygens (including phenoxy) is 1. The molecule has 0 saturated carbocycles. The molecule has 0 unspecified atom stereocenters. The van der Waals surface area contributed by atoms with Gasteiger partial charge in [0.1, 0.15) is 5.60 Å². The number of likely N-dealkylation sites (tertiary alicyclic amines) is 2. The van der Waals surface area contributed by atoms with Crippen molar-refractivity contribution in [3.8, 4) is 6.07 Å². The van der Waals surface area contributed by atoms with Gasteiger partial charge in [0.2, 0.25) is 0 Å². The Balaban J connectivity index is 1.51. The molecule has 3 rings (SSSR count). The van der Waals surface area contributed by atoms with Crippen LogP contribution in [0.1, 0.15) is 31.9 Å². The molecule has 1 amide bonds. The number of benzene rings is 1. The number of nitriles is 1. The first-order valence-corrected chi connectivity index (χ1v) is 8.53. The average Bonchev–Trinajstić information content (AvgIpc) is 3.04. The van der Waals surface area contributed by atoms with Crippen molar-refractivity contribution in [1.29, 1.82) is 5.26 Å². The number of nitrogens with zero attached hydrogens (tertiary/aromatic N) is 3. The predicted octanol–water partition coefficient (Wildman–Crippen LogP) is 2.86. The Morgan fingerprint density at radius 1 is 1.17 bits per heavy atom. The van der Waals surface area contributed by atoms with E-state index >= 15 is 0 Å². The fourth-order valence-corrected chi connectivity index (χ4v) is 3.64. The number of hydrogen-bond donors (Lipinski definition) is 0. The first kappa shape index (κ1) is 16.8. The van der Waals surface area contributed by atoms with Crippen molar-refractivity contribution in [3.63, 3.8) is 0 Å². The third-order valence-corrected chi connectivity index (χ3v) is 4.70. The van der Waals surface area contributed by atoms with Crippen molar-refractivity contribution in [2.45, 2.75) is 32.9 Å². The zero-order chi connectivity index (χ0) is 17.3. The summed E-state index contributed by atoms with van der Waals surface area (Å²) in [5, 5.41) is 8.86. The minimum atomic E-state index is -0.434. The summed E-state index contributed by atoms with van der Waals surface area (Å²) in [6.07, 6.45) is -0.185. The van der Waals surface area contributed by atoms with Crippen LogP contribution in [0.4, 0.5) is 4.79 Å². The third-order valence-electron chi connectivity index (χ3n) is 4.70. The van der Waals surface area contributed by atoms with Crippen LogP contribution < -0.4 is 0 Å². The molecular weight excluding hydrogens is 302 g/mol. The Labute approximate surface area is 143 Å². The van der Waals surface area contributed by atoms with Crippen molar-refractivity contribution in [2.75, 3.05) is 26.2 Å². The van der Waals surface area contributed by atoms with Gasteiger partial charge in [-0.2, -0.15) is 5.26 Å². The van der Waals surface area contributed by atoms with Gasteiger partial charge in [0.25, 0.3) is 0 Å². The Morgan fingerprint density at radius 2 is 1.75 bits per heavy atom. The SMILES string of the molecule is CC(C)(C)OC(=O)N1C[C@H]2CN(Cc3ccc(C#N)cc3)C[C@H]2C1. The van der Waals surface area contributed by atoms with E-state index in [0.29, 0.717) is 17.4 Å². The molecule has 2 aliphatic rings. The molecule has 2 saturated heterocycles. The van der Waals surface area contributed by atoms with Gasteiger partial charge in [-0.3, -0.25) is 4.90 Å². The van der Waals surface area contributed by atoms with Gasteiger partial charge in [-0.15, -0.1) is 0 Å². The summed E-state index contributed by atoms with van der Waals surface area (Å²) >= 11 is 0. The Kier molecular flexibility index (Phi) is 4.51. The maximum atomic E-state index is 12.2. The summed E-state index contributed by atoms with van der Waals surface area (Å²) in [4.78, 5) is 16.5. The topological polar surface area (TPSA) is 56.6 Å². The minimum absolute atomic E-state index is 0.185. The zero-order valence-corrected chi connectivity index (χ0v) is 14.7. The second kappa shape index (κ2) is 6.45. The van der Waals surface area contributed by atoms with E-state index in [1.807, 2.05) is 49.9 Å². The number of rotatable bonds is 2. The molecule has 24 heavy (non-hydrogen) atoms. The normalized spacial score (nSPS) is 23.8. The first-order valence-electron chi connectivity index (χ1n) is 8.53. The quantitative estimate of drug-likeness (QED) is 0.838. The van der Waals surface area contributed by atoms with Gasteiger partial charge in [-0.1, -0.05) is 12.1 Å². The van der Waals surface area contributed by atoms with Gasteiger partial charge in [0.15, 0.2) is 0 Å². The zero-order valence-electron chi connectivity index (χ0n) is 14.7. The van der Waals surface area contributed by atoms with Crippen molar-refractivity contribution in [3.05, 3.63) is 35.4 Å². The van der Waals surface area contributed by atoms with E-state index in [1.165, 1.54) is 5.56 Å². The predicted molar refractivity (Wildman–Crippen MR) is 91.2 cm³/mol. The van der Waals surface area contributed by atoms with E-state index in [1.54, 1.807) is 0 Å². The molecule has 0 radical (unpaired) electrons. The molecule has 1 aromatic rings. The van der Waals surface area contributed by atoms with Crippen LogP contribution in [-0.4, -0.2) is 47.7 Å². The number of carbonyl (C=O) groups excluding carboxylic acids is 1. The van der Waals surface area contributed by atoms with Crippen LogP contribution in [0, 0.1) is 23.2 Å². The van der Waals surface area contributed by atoms with Crippen LogP contribution in [0.2, 0.25) is 0 Å². The highest BCUT2D eigenvalue weighted by Gasteiger charge is 2.42. The first-order chi connectivity index (χ1) is 11.3. The summed E-state index contributed by atoms with van der Waals surface area (Å²) < 4.78 is 5.48. The number of hydrogen-bond acceptors (Lipinski definition) is 4. The van der Waals surface area contributed by atoms with Crippen LogP contribution in [-0.2, 0) is 11.3 Å². The second-order valence-corrected chi connectivity index (χ2v) is 7.91. The van der Waals surface area contributed by atoms with E-state index in [9.17, 15) is 4.79 Å². The molecule has 128 valence electrons. The van der Waals surface area contributed by atoms with E-state index in [-0.39, 0.29) is 6.09 Å². The van der Waals surface area contributed by atoms with Crippen molar-refractivity contribution in [2.24, 2.45) is 11.8 Å². The van der Waals surface area contributed by atoms with Gasteiger partial charge in [0.05, 0.1) is 11.6 Å². The van der Waals surface area contributed by atoms with Crippen LogP contribution >= 0.6 is 0 Å². The fourth-order valence-electron chi connectivity index (χ4n) is 3.64. The number of fused-ring (bicyclic) bond motifs is 1. The minimum Gasteiger partial charge on any atom is -0.444 e. The maximum absolute atomic E-state index is 12.2. The molecule has 0 bridgehead atoms. The molecule has 2 aliphatic heterocycles. The highest BCUT2D eigenvalue weighted by atomic mass is 16.6. The second-order valence-electron chi connectivity index (χ2n) is 7.91. The van der Waals surface area contributed by atoms with E-state index in [2.05, 4.69) is 11.0 Å². The summed E-state index contributed by atoms with van der Waals surface area (Å²) in [6, 6.07) is 9.95. The Bertz CT molecular complexity index is 628. The van der Waals surface area contributed by atoms with E-state index in [0.717, 1.165) is 32.7 Å². The van der Waals surface area contributed by atoms with Gasteiger partial charge < -0.3 is 9.64 Å². The summed E-state index contributed by atoms with van der Waals surface area (Å²) in [6.45, 7) is 10.2. The molecule has 0 aromatic heterocycles. The Hall–Kier alpha value is -2.06. The van der Waals surface area contributed by atoms with Crippen LogP contribution in [0.3, 0.4) is 0 Å². The van der Waals surface area contributed by atoms with Crippen molar-refractivity contribution in [1.82, 2.24) is 9.80 Å². The van der Waals surface area contributed by atoms with Gasteiger partial charge in [-0.25, -0.2) is 4.79 Å². The molecule has 0 N–H and O–H groups in total. The standard InChI is InChI=1S/C19H25N3O2/c1-19(2,3)24-18(23)22-12-16-10-21(11-17(16)13-22)9-15-6-4-14(8-20)5-7-15/h4-7,16-17H,9-13H2,1-3H3/t16-,17+. The molecule has 1 aromatic carbocycles. The van der Waals surface area contributed by atoms with Crippen LogP contribution in [0.15, 0.2) is 24.3 Å². The molecular formula is C19H25N3O2. The van der Waals surface area contributed by atoms with E-state index < -0.39 is 5.60 Å². The fraction of sp³-hybridized carbons (Fsp3) is 0.579. The molecule has 2 heterocycles. The lowest BCUT2D eigenvalue weighted by Gasteiger charge is -2.26. The Morgan fingerprint density at radius 3 is 2.25 bits per heavy atom. The third kappa shape index (κ3) is 3.88. The number of carbonyl (C=O) groups is 1. The average molecular weight is 327 g/mol. The smallest absolute Gasteiger partial charge is 0.410 e. The monoisotopic (exact) mass is 327 g/mol. The number of amides is 1. The summed E-state index contributed by atoms with van der Waals surface area (Å²) in [5.74, 6) is 1.08. The molecule has 2 fully saturated rings. The highest BCUT2D eigenvalue weighted by molar-refractivity contribution is 5.68. The molecule has 0 spiro atoms. The summed E-state index contributed by atoms with van der Waals surface area (Å²) in [5.41, 5.74) is 1.50. The summed E-state index contributed by atoms with van der Waals surface area (Å²) in [7, 11) is 0. The highest BCUT2D eigenvalue weighted by Crippen LogP contribution is 2.32. The molecule has 5 heteroatoms. The van der Waals surface area contributed by atoms with Gasteiger partial charge >= 0.3 is 6.09 Å². The van der Waals surface area contributed by atoms with Crippen molar-refractivity contribution >= 4 is 6.09 Å².